The quantitative estimate of drug-likeness (QED) is 0.800. The summed E-state index contributed by atoms with van der Waals surface area (Å²) in [7, 11) is 0. The zero-order valence-corrected chi connectivity index (χ0v) is 12.3. The molecule has 6 heteroatoms. The van der Waals surface area contributed by atoms with E-state index in [0.717, 1.165) is 21.3 Å². The van der Waals surface area contributed by atoms with Gasteiger partial charge in [-0.05, 0) is 30.5 Å². The van der Waals surface area contributed by atoms with Crippen molar-refractivity contribution < 1.29 is 4.79 Å². The first-order valence-corrected chi connectivity index (χ1v) is 7.66. The van der Waals surface area contributed by atoms with Crippen LogP contribution in [0.5, 0.6) is 0 Å². The SMILES string of the molecule is Cc1nc(-c2cccs2)sc1C(=O)Nc1ccncc1. The van der Waals surface area contributed by atoms with Gasteiger partial charge in [-0.15, -0.1) is 22.7 Å². The van der Waals surface area contributed by atoms with Crippen LogP contribution in [0.1, 0.15) is 15.4 Å². The molecule has 100 valence electrons. The average Bonchev–Trinajstić information content (AvgIpc) is 3.08. The number of amides is 1. The number of pyridine rings is 1. The van der Waals surface area contributed by atoms with Crippen molar-refractivity contribution in [3.63, 3.8) is 0 Å². The second-order valence-electron chi connectivity index (χ2n) is 4.10. The molecule has 3 aromatic heterocycles. The fourth-order valence-electron chi connectivity index (χ4n) is 1.74. The van der Waals surface area contributed by atoms with Gasteiger partial charge in [0.15, 0.2) is 0 Å². The van der Waals surface area contributed by atoms with E-state index in [1.54, 1.807) is 35.9 Å². The Hall–Kier alpha value is -2.05. The molecule has 20 heavy (non-hydrogen) atoms. The number of nitrogens with one attached hydrogen (secondary N) is 1. The summed E-state index contributed by atoms with van der Waals surface area (Å²) in [6.07, 6.45) is 3.29. The van der Waals surface area contributed by atoms with Crippen molar-refractivity contribution in [1.82, 2.24) is 9.97 Å². The van der Waals surface area contributed by atoms with Gasteiger partial charge in [-0.1, -0.05) is 6.07 Å². The summed E-state index contributed by atoms with van der Waals surface area (Å²) >= 11 is 3.04. The fraction of sp³-hybridized carbons (Fsp3) is 0.0714. The largest absolute Gasteiger partial charge is 0.321 e. The molecule has 0 saturated heterocycles. The van der Waals surface area contributed by atoms with Crippen LogP contribution in [0.4, 0.5) is 5.69 Å². The van der Waals surface area contributed by atoms with Crippen LogP contribution < -0.4 is 5.32 Å². The second-order valence-corrected chi connectivity index (χ2v) is 6.05. The Bertz CT molecular complexity index is 720. The lowest BCUT2D eigenvalue weighted by Gasteiger charge is -2.02. The van der Waals surface area contributed by atoms with Crippen LogP contribution in [0.2, 0.25) is 0 Å². The van der Waals surface area contributed by atoms with E-state index < -0.39 is 0 Å². The van der Waals surface area contributed by atoms with Gasteiger partial charge in [0.2, 0.25) is 0 Å². The van der Waals surface area contributed by atoms with Crippen molar-refractivity contribution in [2.75, 3.05) is 5.32 Å². The minimum absolute atomic E-state index is 0.131. The Morgan fingerprint density at radius 1 is 1.25 bits per heavy atom. The highest BCUT2D eigenvalue weighted by Gasteiger charge is 2.16. The van der Waals surface area contributed by atoms with Gasteiger partial charge in [0, 0.05) is 18.1 Å². The first kappa shape index (κ1) is 13.0. The van der Waals surface area contributed by atoms with Gasteiger partial charge in [0.1, 0.15) is 9.88 Å². The van der Waals surface area contributed by atoms with Crippen molar-refractivity contribution in [3.8, 4) is 9.88 Å². The van der Waals surface area contributed by atoms with Gasteiger partial charge < -0.3 is 5.32 Å². The smallest absolute Gasteiger partial charge is 0.267 e. The highest BCUT2D eigenvalue weighted by Crippen LogP contribution is 2.31. The molecule has 0 saturated carbocycles. The van der Waals surface area contributed by atoms with Crippen LogP contribution in [0, 0.1) is 6.92 Å². The normalized spacial score (nSPS) is 10.4. The first-order valence-electron chi connectivity index (χ1n) is 5.97. The summed E-state index contributed by atoms with van der Waals surface area (Å²) in [5.74, 6) is -0.131. The molecule has 0 aliphatic rings. The lowest BCUT2D eigenvalue weighted by molar-refractivity contribution is 0.103. The highest BCUT2D eigenvalue weighted by atomic mass is 32.1. The lowest BCUT2D eigenvalue weighted by Crippen LogP contribution is -2.11. The van der Waals surface area contributed by atoms with Crippen LogP contribution in [0.15, 0.2) is 42.0 Å². The standard InChI is InChI=1S/C14H11N3OS2/c1-9-12(13(18)17-10-4-6-15-7-5-10)20-14(16-9)11-3-2-8-19-11/h2-8H,1H3,(H,15,17,18). The topological polar surface area (TPSA) is 54.9 Å². The monoisotopic (exact) mass is 301 g/mol. The van der Waals surface area contributed by atoms with Crippen molar-refractivity contribution in [3.05, 3.63) is 52.6 Å². The maximum atomic E-state index is 12.3. The Balaban J connectivity index is 1.85. The van der Waals surface area contributed by atoms with Crippen molar-refractivity contribution >= 4 is 34.3 Å². The minimum Gasteiger partial charge on any atom is -0.321 e. The number of aryl methyl sites for hydroxylation is 1. The van der Waals surface area contributed by atoms with Crippen LogP contribution in [0.3, 0.4) is 0 Å². The van der Waals surface area contributed by atoms with E-state index in [4.69, 9.17) is 0 Å². The lowest BCUT2D eigenvalue weighted by atomic mass is 10.3. The third-order valence-electron chi connectivity index (χ3n) is 2.67. The van der Waals surface area contributed by atoms with E-state index in [1.807, 2.05) is 24.4 Å². The molecular weight excluding hydrogens is 290 g/mol. The molecule has 0 fully saturated rings. The zero-order chi connectivity index (χ0) is 13.9. The maximum absolute atomic E-state index is 12.3. The maximum Gasteiger partial charge on any atom is 0.267 e. The number of aromatic nitrogens is 2. The molecule has 3 aromatic rings. The third kappa shape index (κ3) is 2.61. The Morgan fingerprint density at radius 3 is 2.75 bits per heavy atom. The zero-order valence-electron chi connectivity index (χ0n) is 10.7. The van der Waals surface area contributed by atoms with E-state index in [2.05, 4.69) is 15.3 Å². The third-order valence-corrected chi connectivity index (χ3v) is 4.87. The van der Waals surface area contributed by atoms with Crippen LogP contribution in [0.25, 0.3) is 9.88 Å². The minimum atomic E-state index is -0.131. The van der Waals surface area contributed by atoms with Crippen LogP contribution >= 0.6 is 22.7 Å². The fourth-order valence-corrected chi connectivity index (χ4v) is 3.49. The molecular formula is C14H11N3OS2. The van der Waals surface area contributed by atoms with E-state index in [9.17, 15) is 4.79 Å². The predicted molar refractivity (Wildman–Crippen MR) is 82.4 cm³/mol. The van der Waals surface area contributed by atoms with Gasteiger partial charge in [-0.2, -0.15) is 0 Å². The Labute approximate surface area is 124 Å². The van der Waals surface area contributed by atoms with Gasteiger partial charge in [-0.3, -0.25) is 9.78 Å². The summed E-state index contributed by atoms with van der Waals surface area (Å²) in [6.45, 7) is 1.86. The molecule has 1 N–H and O–H groups in total. The van der Waals surface area contributed by atoms with Crippen molar-refractivity contribution in [1.29, 1.82) is 0 Å². The van der Waals surface area contributed by atoms with Gasteiger partial charge in [-0.25, -0.2) is 4.98 Å². The van der Waals surface area contributed by atoms with Crippen LogP contribution in [-0.4, -0.2) is 15.9 Å². The molecule has 0 bridgehead atoms. The van der Waals surface area contributed by atoms with E-state index >= 15 is 0 Å². The number of anilines is 1. The number of carbonyl (C=O) groups is 1. The second kappa shape index (κ2) is 5.52. The summed E-state index contributed by atoms with van der Waals surface area (Å²) in [5, 5.41) is 5.74. The Kier molecular flexibility index (Phi) is 3.58. The number of rotatable bonds is 3. The number of nitrogens with zero attached hydrogens (tertiary/aromatic N) is 2. The highest BCUT2D eigenvalue weighted by molar-refractivity contribution is 7.22. The Morgan fingerprint density at radius 2 is 2.05 bits per heavy atom. The number of thiophene rings is 1. The molecule has 3 heterocycles. The first-order chi connectivity index (χ1) is 9.74. The molecule has 0 radical (unpaired) electrons. The van der Waals surface area contributed by atoms with E-state index in [1.165, 1.54) is 11.3 Å². The number of hydrogen-bond donors (Lipinski definition) is 1. The molecule has 3 rings (SSSR count). The van der Waals surface area contributed by atoms with Gasteiger partial charge >= 0.3 is 0 Å². The molecule has 1 amide bonds. The van der Waals surface area contributed by atoms with E-state index in [0.29, 0.717) is 4.88 Å². The average molecular weight is 301 g/mol. The van der Waals surface area contributed by atoms with Gasteiger partial charge in [0.05, 0.1) is 10.6 Å². The molecule has 0 aliphatic heterocycles. The summed E-state index contributed by atoms with van der Waals surface area (Å²) in [6, 6.07) is 7.50. The summed E-state index contributed by atoms with van der Waals surface area (Å²) < 4.78 is 0. The molecule has 0 atom stereocenters. The summed E-state index contributed by atoms with van der Waals surface area (Å²) in [5.41, 5.74) is 1.49. The molecule has 0 aliphatic carbocycles. The predicted octanol–water partition coefficient (Wildman–Crippen LogP) is 3.83. The van der Waals surface area contributed by atoms with Crippen molar-refractivity contribution in [2.24, 2.45) is 0 Å². The number of hydrogen-bond acceptors (Lipinski definition) is 5. The van der Waals surface area contributed by atoms with Crippen LogP contribution in [-0.2, 0) is 0 Å². The number of carbonyl (C=O) groups excluding carboxylic acids is 1. The van der Waals surface area contributed by atoms with E-state index in [-0.39, 0.29) is 5.91 Å². The molecule has 0 unspecified atom stereocenters. The van der Waals surface area contributed by atoms with Crippen molar-refractivity contribution in [2.45, 2.75) is 6.92 Å². The summed E-state index contributed by atoms with van der Waals surface area (Å²) in [4.78, 5) is 22.4. The molecule has 0 spiro atoms. The molecule has 4 nitrogen and oxygen atoms in total. The molecule has 0 aromatic carbocycles. The van der Waals surface area contributed by atoms with Gasteiger partial charge in [0.25, 0.3) is 5.91 Å². The number of thiazole rings is 1.